The van der Waals surface area contributed by atoms with E-state index in [1.807, 2.05) is 6.07 Å². The molecule has 3 amide bonds. The van der Waals surface area contributed by atoms with E-state index in [9.17, 15) is 14.4 Å². The normalized spacial score (nSPS) is 24.9. The number of nitrogens with zero attached hydrogens (tertiary/aromatic N) is 2. The van der Waals surface area contributed by atoms with Crippen LogP contribution in [0.3, 0.4) is 0 Å². The number of benzene rings is 2. The summed E-state index contributed by atoms with van der Waals surface area (Å²) < 4.78 is 11.8. The van der Waals surface area contributed by atoms with Crippen molar-refractivity contribution in [1.82, 2.24) is 15.1 Å². The fourth-order valence-corrected chi connectivity index (χ4v) is 5.15. The van der Waals surface area contributed by atoms with Gasteiger partial charge >= 0.3 is 0 Å². The van der Waals surface area contributed by atoms with Gasteiger partial charge in [0.15, 0.2) is 0 Å². The van der Waals surface area contributed by atoms with E-state index in [0.717, 1.165) is 30.9 Å². The third-order valence-electron chi connectivity index (χ3n) is 7.17. The number of nitrogens with one attached hydrogen (secondary N) is 1. The quantitative estimate of drug-likeness (QED) is 0.644. The zero-order valence-corrected chi connectivity index (χ0v) is 20.2. The summed E-state index contributed by atoms with van der Waals surface area (Å²) in [5.41, 5.74) is 3.63. The number of imide groups is 1. The number of carbonyl (C=O) groups is 3. The SMILES string of the molecule is CC1COC[C@H](C)N1Cc1ccc(COc2cccc3c2CN([C@H]2CCC(=O)NC2=O)C3=O)cc1. The molecular formula is C27H31N3O5. The lowest BCUT2D eigenvalue weighted by Gasteiger charge is -2.38. The third kappa shape index (κ3) is 4.81. The van der Waals surface area contributed by atoms with Gasteiger partial charge in [-0.1, -0.05) is 30.3 Å². The van der Waals surface area contributed by atoms with Crippen LogP contribution < -0.4 is 10.1 Å². The maximum atomic E-state index is 13.0. The highest BCUT2D eigenvalue weighted by molar-refractivity contribution is 6.05. The van der Waals surface area contributed by atoms with Gasteiger partial charge in [0.25, 0.3) is 5.91 Å². The summed E-state index contributed by atoms with van der Waals surface area (Å²) in [6.07, 6.45) is 0.578. The van der Waals surface area contributed by atoms with Crippen LogP contribution in [-0.2, 0) is 34.0 Å². The first-order chi connectivity index (χ1) is 16.9. The second-order valence-electron chi connectivity index (χ2n) is 9.70. The molecule has 0 saturated carbocycles. The van der Waals surface area contributed by atoms with Gasteiger partial charge in [-0.25, -0.2) is 0 Å². The molecule has 0 aliphatic carbocycles. The average Bonchev–Trinajstić information content (AvgIpc) is 3.18. The van der Waals surface area contributed by atoms with Crippen molar-refractivity contribution in [1.29, 1.82) is 0 Å². The molecule has 2 fully saturated rings. The van der Waals surface area contributed by atoms with Gasteiger partial charge in [0.2, 0.25) is 11.8 Å². The van der Waals surface area contributed by atoms with Crippen molar-refractivity contribution in [2.75, 3.05) is 13.2 Å². The number of rotatable bonds is 6. The van der Waals surface area contributed by atoms with Crippen molar-refractivity contribution < 1.29 is 23.9 Å². The zero-order valence-electron chi connectivity index (χ0n) is 20.2. The second kappa shape index (κ2) is 9.79. The summed E-state index contributed by atoms with van der Waals surface area (Å²) in [5, 5.41) is 2.34. The van der Waals surface area contributed by atoms with Gasteiger partial charge in [0.05, 0.1) is 19.8 Å². The van der Waals surface area contributed by atoms with Gasteiger partial charge in [-0.05, 0) is 43.5 Å². The molecule has 184 valence electrons. The Morgan fingerprint density at radius 1 is 1.00 bits per heavy atom. The number of fused-ring (bicyclic) bond motifs is 1. The Bertz CT molecular complexity index is 1120. The standard InChI is InChI=1S/C27H31N3O5/c1-17-14-34-15-18(2)29(17)12-19-6-8-20(9-7-19)16-35-24-5-3-4-21-22(24)13-30(27(21)33)23-10-11-25(31)28-26(23)32/h3-9,17-18,23H,10-16H2,1-2H3,(H,28,31,32)/t17-,18?,23-/m0/s1. The second-order valence-corrected chi connectivity index (χ2v) is 9.70. The minimum atomic E-state index is -0.634. The van der Waals surface area contributed by atoms with Crippen LogP contribution in [0.25, 0.3) is 0 Å². The third-order valence-corrected chi connectivity index (χ3v) is 7.17. The Morgan fingerprint density at radius 2 is 1.71 bits per heavy atom. The number of hydrogen-bond acceptors (Lipinski definition) is 6. The van der Waals surface area contributed by atoms with E-state index in [2.05, 4.69) is 48.3 Å². The van der Waals surface area contributed by atoms with E-state index >= 15 is 0 Å². The highest BCUT2D eigenvalue weighted by Gasteiger charge is 2.40. The highest BCUT2D eigenvalue weighted by atomic mass is 16.5. The Kier molecular flexibility index (Phi) is 6.58. The Hall–Kier alpha value is -3.23. The van der Waals surface area contributed by atoms with Crippen LogP contribution in [0.5, 0.6) is 5.75 Å². The summed E-state index contributed by atoms with van der Waals surface area (Å²) in [5.74, 6) is -0.258. The molecule has 2 aromatic rings. The van der Waals surface area contributed by atoms with Gasteiger partial charge in [-0.15, -0.1) is 0 Å². The van der Waals surface area contributed by atoms with Crippen molar-refractivity contribution in [2.45, 2.75) is 64.5 Å². The Balaban J connectivity index is 1.23. The molecule has 2 saturated heterocycles. The molecule has 0 aromatic heterocycles. The van der Waals surface area contributed by atoms with Gasteiger partial charge in [0, 0.05) is 36.2 Å². The van der Waals surface area contributed by atoms with E-state index in [1.165, 1.54) is 5.56 Å². The van der Waals surface area contributed by atoms with Crippen molar-refractivity contribution in [3.05, 3.63) is 64.7 Å². The minimum Gasteiger partial charge on any atom is -0.489 e. The molecule has 1 N–H and O–H groups in total. The first-order valence-electron chi connectivity index (χ1n) is 12.2. The van der Waals surface area contributed by atoms with Crippen LogP contribution in [0.15, 0.2) is 42.5 Å². The fraction of sp³-hybridized carbons (Fsp3) is 0.444. The molecule has 3 heterocycles. The smallest absolute Gasteiger partial charge is 0.255 e. The average molecular weight is 478 g/mol. The maximum absolute atomic E-state index is 13.0. The molecule has 5 rings (SSSR count). The summed E-state index contributed by atoms with van der Waals surface area (Å²) in [7, 11) is 0. The van der Waals surface area contributed by atoms with Crippen LogP contribution in [0.4, 0.5) is 0 Å². The van der Waals surface area contributed by atoms with Crippen LogP contribution in [0, 0.1) is 0 Å². The molecule has 2 aromatic carbocycles. The van der Waals surface area contributed by atoms with Crippen LogP contribution in [0.2, 0.25) is 0 Å². The first-order valence-corrected chi connectivity index (χ1v) is 12.2. The summed E-state index contributed by atoms with van der Waals surface area (Å²) >= 11 is 0. The summed E-state index contributed by atoms with van der Waals surface area (Å²) in [6, 6.07) is 14.0. The predicted molar refractivity (Wildman–Crippen MR) is 129 cm³/mol. The number of morpholine rings is 1. The van der Waals surface area contributed by atoms with E-state index in [4.69, 9.17) is 9.47 Å². The van der Waals surface area contributed by atoms with Crippen LogP contribution in [-0.4, -0.2) is 58.9 Å². The Morgan fingerprint density at radius 3 is 2.43 bits per heavy atom. The van der Waals surface area contributed by atoms with Crippen molar-refractivity contribution in [3.8, 4) is 5.75 Å². The molecule has 0 bridgehead atoms. The lowest BCUT2D eigenvalue weighted by atomic mass is 10.0. The largest absolute Gasteiger partial charge is 0.489 e. The molecule has 35 heavy (non-hydrogen) atoms. The molecule has 3 aliphatic heterocycles. The lowest BCUT2D eigenvalue weighted by Crippen LogP contribution is -2.52. The summed E-state index contributed by atoms with van der Waals surface area (Å²) in [6.45, 7) is 7.49. The molecule has 0 spiro atoms. The van der Waals surface area contributed by atoms with Crippen LogP contribution in [0.1, 0.15) is 53.7 Å². The number of ether oxygens (including phenoxy) is 2. The van der Waals surface area contributed by atoms with Crippen molar-refractivity contribution in [2.24, 2.45) is 0 Å². The highest BCUT2D eigenvalue weighted by Crippen LogP contribution is 2.34. The number of carbonyl (C=O) groups excluding carboxylic acids is 3. The molecule has 8 heteroatoms. The van der Waals surface area contributed by atoms with Gasteiger partial charge < -0.3 is 14.4 Å². The molecular weight excluding hydrogens is 446 g/mol. The molecule has 8 nitrogen and oxygen atoms in total. The van der Waals surface area contributed by atoms with Gasteiger partial charge in [-0.2, -0.15) is 0 Å². The topological polar surface area (TPSA) is 88.2 Å². The predicted octanol–water partition coefficient (Wildman–Crippen LogP) is 2.64. The number of piperidine rings is 1. The van der Waals surface area contributed by atoms with Gasteiger partial charge in [-0.3, -0.25) is 24.6 Å². The lowest BCUT2D eigenvalue weighted by molar-refractivity contribution is -0.136. The van der Waals surface area contributed by atoms with E-state index < -0.39 is 11.9 Å². The number of amides is 3. The Labute approximate surface area is 205 Å². The number of hydrogen-bond donors (Lipinski definition) is 1. The molecule has 0 radical (unpaired) electrons. The van der Waals surface area contributed by atoms with E-state index in [0.29, 0.717) is 43.0 Å². The molecule has 3 atom stereocenters. The van der Waals surface area contributed by atoms with Gasteiger partial charge in [0.1, 0.15) is 18.4 Å². The maximum Gasteiger partial charge on any atom is 0.255 e. The molecule has 1 unspecified atom stereocenters. The summed E-state index contributed by atoms with van der Waals surface area (Å²) in [4.78, 5) is 40.8. The van der Waals surface area contributed by atoms with E-state index in [-0.39, 0.29) is 18.2 Å². The minimum absolute atomic E-state index is 0.198. The zero-order chi connectivity index (χ0) is 24.5. The monoisotopic (exact) mass is 477 g/mol. The van der Waals surface area contributed by atoms with Crippen LogP contribution >= 0.6 is 0 Å². The molecule has 3 aliphatic rings. The fourth-order valence-electron chi connectivity index (χ4n) is 5.15. The van der Waals surface area contributed by atoms with Crippen molar-refractivity contribution in [3.63, 3.8) is 0 Å². The van der Waals surface area contributed by atoms with Crippen molar-refractivity contribution >= 4 is 17.7 Å². The van der Waals surface area contributed by atoms with E-state index in [1.54, 1.807) is 17.0 Å². The first kappa shape index (κ1) is 23.5.